The molecule has 0 saturated heterocycles. The summed E-state index contributed by atoms with van der Waals surface area (Å²) in [6, 6.07) is 4.88. The molecule has 0 aliphatic rings. The van der Waals surface area contributed by atoms with Crippen LogP contribution in [-0.2, 0) is 6.61 Å². The Bertz CT molecular complexity index is 1070. The zero-order valence-electron chi connectivity index (χ0n) is 17.3. The SMILES string of the molecule is CCCC[C@H](CO)NC(=O)c1c(C)nc2c(OCc3c(F)cccc3F)cc(Br)cn12. The second kappa shape index (κ2) is 10.2. The molecule has 2 aromatic heterocycles. The van der Waals surface area contributed by atoms with Crippen molar-refractivity contribution in [3.63, 3.8) is 0 Å². The highest BCUT2D eigenvalue weighted by atomic mass is 79.9. The summed E-state index contributed by atoms with van der Waals surface area (Å²) in [5.41, 5.74) is 0.915. The lowest BCUT2D eigenvalue weighted by molar-refractivity contribution is 0.0905. The zero-order valence-corrected chi connectivity index (χ0v) is 18.9. The van der Waals surface area contributed by atoms with Crippen molar-refractivity contribution >= 4 is 27.5 Å². The quantitative estimate of drug-likeness (QED) is 0.456. The lowest BCUT2D eigenvalue weighted by Gasteiger charge is -2.16. The lowest BCUT2D eigenvalue weighted by atomic mass is 10.1. The summed E-state index contributed by atoms with van der Waals surface area (Å²) in [7, 11) is 0. The standard InChI is InChI=1S/C22H24BrF2N3O3/c1-3-4-6-15(11-29)27-22(30)20-13(2)26-21-19(9-14(23)10-28(20)21)31-12-16-17(24)7-5-8-18(16)25/h5,7-10,15,29H,3-4,6,11-12H2,1-2H3,(H,27,30)/t15-/m1/s1. The number of aliphatic hydroxyl groups is 1. The molecule has 1 aromatic carbocycles. The van der Waals surface area contributed by atoms with E-state index in [1.54, 1.807) is 23.6 Å². The third-order valence-electron chi connectivity index (χ3n) is 4.94. The number of benzene rings is 1. The number of carbonyl (C=O) groups is 1. The average Bonchev–Trinajstić information content (AvgIpc) is 3.06. The highest BCUT2D eigenvalue weighted by Gasteiger charge is 2.22. The first kappa shape index (κ1) is 23.1. The van der Waals surface area contributed by atoms with Gasteiger partial charge in [0.1, 0.15) is 23.9 Å². The number of ether oxygens (including phenoxy) is 1. The zero-order chi connectivity index (χ0) is 22.5. The molecule has 1 amide bonds. The molecule has 2 heterocycles. The molecule has 31 heavy (non-hydrogen) atoms. The van der Waals surface area contributed by atoms with Gasteiger partial charge in [0.25, 0.3) is 5.91 Å². The fourth-order valence-corrected chi connectivity index (χ4v) is 3.72. The first-order valence-corrected chi connectivity index (χ1v) is 10.8. The van der Waals surface area contributed by atoms with Gasteiger partial charge in [-0.1, -0.05) is 25.8 Å². The van der Waals surface area contributed by atoms with Crippen LogP contribution in [0.3, 0.4) is 0 Å². The van der Waals surface area contributed by atoms with E-state index in [9.17, 15) is 18.7 Å². The number of rotatable bonds is 9. The number of nitrogens with one attached hydrogen (secondary N) is 1. The molecular formula is C22H24BrF2N3O3. The van der Waals surface area contributed by atoms with Gasteiger partial charge in [-0.15, -0.1) is 0 Å². The Morgan fingerprint density at radius 3 is 2.71 bits per heavy atom. The highest BCUT2D eigenvalue weighted by molar-refractivity contribution is 9.10. The van der Waals surface area contributed by atoms with Gasteiger partial charge in [0.05, 0.1) is 23.9 Å². The maximum Gasteiger partial charge on any atom is 0.270 e. The van der Waals surface area contributed by atoms with Gasteiger partial charge in [0.15, 0.2) is 11.4 Å². The van der Waals surface area contributed by atoms with Crippen LogP contribution < -0.4 is 10.1 Å². The normalized spacial score (nSPS) is 12.2. The summed E-state index contributed by atoms with van der Waals surface area (Å²) in [6.07, 6.45) is 4.17. The van der Waals surface area contributed by atoms with Gasteiger partial charge in [-0.25, -0.2) is 13.8 Å². The number of halogens is 3. The number of aromatic nitrogens is 2. The number of unbranched alkanes of at least 4 members (excludes halogenated alkanes) is 1. The Balaban J connectivity index is 1.91. The molecule has 0 bridgehead atoms. The van der Waals surface area contributed by atoms with Gasteiger partial charge in [-0.2, -0.15) is 0 Å². The van der Waals surface area contributed by atoms with E-state index in [1.807, 2.05) is 6.92 Å². The van der Waals surface area contributed by atoms with E-state index in [4.69, 9.17) is 4.74 Å². The summed E-state index contributed by atoms with van der Waals surface area (Å²) in [4.78, 5) is 17.4. The maximum atomic E-state index is 13.9. The number of hydrogen-bond donors (Lipinski definition) is 2. The van der Waals surface area contributed by atoms with E-state index in [1.165, 1.54) is 6.07 Å². The molecule has 0 spiro atoms. The Morgan fingerprint density at radius 2 is 2.06 bits per heavy atom. The van der Waals surface area contributed by atoms with Gasteiger partial charge >= 0.3 is 0 Å². The molecule has 0 aliphatic carbocycles. The number of carbonyl (C=O) groups excluding carboxylic acids is 1. The van der Waals surface area contributed by atoms with Gasteiger partial charge < -0.3 is 15.2 Å². The number of nitrogens with zero attached hydrogens (tertiary/aromatic N) is 2. The molecule has 0 unspecified atom stereocenters. The minimum atomic E-state index is -0.701. The average molecular weight is 496 g/mol. The molecule has 166 valence electrons. The number of hydrogen-bond acceptors (Lipinski definition) is 4. The maximum absolute atomic E-state index is 13.9. The van der Waals surface area contributed by atoms with Crippen LogP contribution in [0.25, 0.3) is 5.65 Å². The van der Waals surface area contributed by atoms with Crippen LogP contribution in [-0.4, -0.2) is 33.0 Å². The van der Waals surface area contributed by atoms with Crippen molar-refractivity contribution in [2.45, 2.75) is 45.8 Å². The fraction of sp³-hybridized carbons (Fsp3) is 0.364. The van der Waals surface area contributed by atoms with Crippen LogP contribution in [0.15, 0.2) is 34.9 Å². The second-order valence-corrected chi connectivity index (χ2v) is 8.16. The molecular weight excluding hydrogens is 472 g/mol. The van der Waals surface area contributed by atoms with Crippen molar-refractivity contribution in [1.82, 2.24) is 14.7 Å². The summed E-state index contributed by atoms with van der Waals surface area (Å²) in [6.45, 7) is 3.24. The molecule has 0 radical (unpaired) electrons. The van der Waals surface area contributed by atoms with Gasteiger partial charge in [-0.3, -0.25) is 9.20 Å². The van der Waals surface area contributed by atoms with Crippen molar-refractivity contribution in [3.05, 3.63) is 63.5 Å². The highest BCUT2D eigenvalue weighted by Crippen LogP contribution is 2.28. The van der Waals surface area contributed by atoms with Crippen molar-refractivity contribution in [1.29, 1.82) is 0 Å². The van der Waals surface area contributed by atoms with Crippen molar-refractivity contribution in [2.75, 3.05) is 6.61 Å². The molecule has 3 aromatic rings. The third kappa shape index (κ3) is 5.22. The number of amides is 1. The van der Waals surface area contributed by atoms with Crippen LogP contribution >= 0.6 is 15.9 Å². The Hall–Kier alpha value is -2.52. The summed E-state index contributed by atoms with van der Waals surface area (Å²) < 4.78 is 35.7. The van der Waals surface area contributed by atoms with E-state index >= 15 is 0 Å². The van der Waals surface area contributed by atoms with E-state index in [0.29, 0.717) is 27.9 Å². The summed E-state index contributed by atoms with van der Waals surface area (Å²) in [5.74, 6) is -1.51. The largest absolute Gasteiger partial charge is 0.485 e. The third-order valence-corrected chi connectivity index (χ3v) is 5.37. The molecule has 3 rings (SSSR count). The van der Waals surface area contributed by atoms with E-state index in [-0.39, 0.29) is 36.5 Å². The molecule has 0 saturated carbocycles. The number of imidazole rings is 1. The lowest BCUT2D eigenvalue weighted by Crippen LogP contribution is -2.38. The summed E-state index contributed by atoms with van der Waals surface area (Å²) >= 11 is 3.38. The van der Waals surface area contributed by atoms with Gasteiger partial charge in [0.2, 0.25) is 0 Å². The molecule has 0 fully saturated rings. The van der Waals surface area contributed by atoms with Gasteiger partial charge in [-0.05, 0) is 47.5 Å². The molecule has 6 nitrogen and oxygen atoms in total. The van der Waals surface area contributed by atoms with Crippen molar-refractivity contribution in [3.8, 4) is 5.75 Å². The number of aryl methyl sites for hydroxylation is 1. The van der Waals surface area contributed by atoms with Crippen molar-refractivity contribution < 1.29 is 23.4 Å². The summed E-state index contributed by atoms with van der Waals surface area (Å²) in [5, 5.41) is 12.4. The smallest absolute Gasteiger partial charge is 0.270 e. The molecule has 1 atom stereocenters. The number of aliphatic hydroxyl groups excluding tert-OH is 1. The fourth-order valence-electron chi connectivity index (χ4n) is 3.31. The topological polar surface area (TPSA) is 75.9 Å². The van der Waals surface area contributed by atoms with Crippen LogP contribution in [0.5, 0.6) is 5.75 Å². The van der Waals surface area contributed by atoms with Crippen LogP contribution in [0.1, 0.15) is 47.9 Å². The van der Waals surface area contributed by atoms with E-state index in [0.717, 1.165) is 25.0 Å². The molecule has 9 heteroatoms. The first-order valence-electron chi connectivity index (χ1n) is 10.0. The predicted molar refractivity (Wildman–Crippen MR) is 116 cm³/mol. The number of pyridine rings is 1. The molecule has 0 aliphatic heterocycles. The van der Waals surface area contributed by atoms with Crippen LogP contribution in [0.2, 0.25) is 0 Å². The predicted octanol–water partition coefficient (Wildman–Crippen LogP) is 4.54. The molecule has 2 N–H and O–H groups in total. The van der Waals surface area contributed by atoms with Crippen LogP contribution in [0.4, 0.5) is 8.78 Å². The number of fused-ring (bicyclic) bond motifs is 1. The Labute approximate surface area is 187 Å². The van der Waals surface area contributed by atoms with E-state index < -0.39 is 11.6 Å². The Kier molecular flexibility index (Phi) is 7.61. The van der Waals surface area contributed by atoms with Crippen molar-refractivity contribution in [2.24, 2.45) is 0 Å². The minimum absolute atomic E-state index is 0.159. The monoisotopic (exact) mass is 495 g/mol. The van der Waals surface area contributed by atoms with Crippen LogP contribution in [0, 0.1) is 18.6 Å². The second-order valence-electron chi connectivity index (χ2n) is 7.25. The Morgan fingerprint density at radius 1 is 1.35 bits per heavy atom. The first-order chi connectivity index (χ1) is 14.8. The minimum Gasteiger partial charge on any atom is -0.485 e. The van der Waals surface area contributed by atoms with E-state index in [2.05, 4.69) is 26.2 Å². The van der Waals surface area contributed by atoms with Gasteiger partial charge in [0, 0.05) is 10.7 Å².